The number of piperazine rings is 1. The lowest BCUT2D eigenvalue weighted by Crippen LogP contribution is -2.53. The normalized spacial score (nSPS) is 20.9. The summed E-state index contributed by atoms with van der Waals surface area (Å²) in [6, 6.07) is 4.66. The van der Waals surface area contributed by atoms with Crippen molar-refractivity contribution in [2.24, 2.45) is 5.92 Å². The van der Waals surface area contributed by atoms with Gasteiger partial charge in [0.2, 0.25) is 0 Å². The SMILES string of the molecule is CCc1ccc(CN2CCN(CCC(C)C)C(CCO)C2)o1. The van der Waals surface area contributed by atoms with E-state index in [4.69, 9.17) is 4.42 Å². The van der Waals surface area contributed by atoms with Crippen LogP contribution in [0.5, 0.6) is 0 Å². The van der Waals surface area contributed by atoms with Gasteiger partial charge in [-0.2, -0.15) is 0 Å². The van der Waals surface area contributed by atoms with Crippen molar-refractivity contribution in [3.05, 3.63) is 23.7 Å². The molecule has 1 N–H and O–H groups in total. The minimum Gasteiger partial charge on any atom is -0.465 e. The maximum atomic E-state index is 9.36. The quantitative estimate of drug-likeness (QED) is 0.801. The number of furan rings is 1. The Morgan fingerprint density at radius 3 is 2.68 bits per heavy atom. The molecule has 2 rings (SSSR count). The van der Waals surface area contributed by atoms with Gasteiger partial charge < -0.3 is 9.52 Å². The van der Waals surface area contributed by atoms with E-state index < -0.39 is 0 Å². The van der Waals surface area contributed by atoms with Gasteiger partial charge in [-0.1, -0.05) is 20.8 Å². The summed E-state index contributed by atoms with van der Waals surface area (Å²) < 4.78 is 5.83. The number of nitrogens with zero attached hydrogens (tertiary/aromatic N) is 2. The zero-order valence-corrected chi connectivity index (χ0v) is 14.4. The average Bonchev–Trinajstić information content (AvgIpc) is 2.94. The maximum Gasteiger partial charge on any atom is 0.118 e. The highest BCUT2D eigenvalue weighted by atomic mass is 16.3. The van der Waals surface area contributed by atoms with Crippen molar-refractivity contribution < 1.29 is 9.52 Å². The van der Waals surface area contributed by atoms with Crippen LogP contribution < -0.4 is 0 Å². The first-order chi connectivity index (χ1) is 10.6. The van der Waals surface area contributed by atoms with E-state index in [1.807, 2.05) is 0 Å². The van der Waals surface area contributed by atoms with Gasteiger partial charge in [0, 0.05) is 38.7 Å². The van der Waals surface area contributed by atoms with Crippen LogP contribution in [0.3, 0.4) is 0 Å². The van der Waals surface area contributed by atoms with E-state index in [0.717, 1.165) is 63.0 Å². The molecule has 126 valence electrons. The topological polar surface area (TPSA) is 39.9 Å². The fourth-order valence-corrected chi connectivity index (χ4v) is 3.16. The van der Waals surface area contributed by atoms with Gasteiger partial charge in [-0.3, -0.25) is 9.80 Å². The van der Waals surface area contributed by atoms with Gasteiger partial charge in [-0.05, 0) is 37.4 Å². The second kappa shape index (κ2) is 8.70. The Bertz CT molecular complexity index is 430. The third kappa shape index (κ3) is 5.11. The van der Waals surface area contributed by atoms with Crippen LogP contribution >= 0.6 is 0 Å². The highest BCUT2D eigenvalue weighted by Gasteiger charge is 2.26. The van der Waals surface area contributed by atoms with Gasteiger partial charge in [0.1, 0.15) is 11.5 Å². The second-order valence-electron chi connectivity index (χ2n) is 6.84. The van der Waals surface area contributed by atoms with E-state index in [1.54, 1.807) is 0 Å². The number of rotatable bonds is 8. The molecule has 4 nitrogen and oxygen atoms in total. The Morgan fingerprint density at radius 1 is 1.27 bits per heavy atom. The van der Waals surface area contributed by atoms with Crippen molar-refractivity contribution in [3.8, 4) is 0 Å². The molecule has 0 amide bonds. The molecule has 1 atom stereocenters. The first kappa shape index (κ1) is 17.5. The lowest BCUT2D eigenvalue weighted by Gasteiger charge is -2.41. The Hall–Kier alpha value is -0.840. The van der Waals surface area contributed by atoms with E-state index in [1.165, 1.54) is 6.42 Å². The Kier molecular flexibility index (Phi) is 6.93. The van der Waals surface area contributed by atoms with Gasteiger partial charge in [0.15, 0.2) is 0 Å². The van der Waals surface area contributed by atoms with E-state index >= 15 is 0 Å². The Labute approximate surface area is 135 Å². The monoisotopic (exact) mass is 308 g/mol. The van der Waals surface area contributed by atoms with Crippen LogP contribution in [0.2, 0.25) is 0 Å². The minimum absolute atomic E-state index is 0.275. The summed E-state index contributed by atoms with van der Waals surface area (Å²) >= 11 is 0. The van der Waals surface area contributed by atoms with Crippen LogP contribution in [0.15, 0.2) is 16.5 Å². The van der Waals surface area contributed by atoms with Crippen LogP contribution in [0.25, 0.3) is 0 Å². The summed E-state index contributed by atoms with van der Waals surface area (Å²) in [5, 5.41) is 9.36. The van der Waals surface area contributed by atoms with Gasteiger partial charge >= 0.3 is 0 Å². The van der Waals surface area contributed by atoms with Crippen LogP contribution in [0, 0.1) is 5.92 Å². The molecule has 1 aliphatic heterocycles. The summed E-state index contributed by atoms with van der Waals surface area (Å²) in [5.74, 6) is 2.87. The predicted molar refractivity (Wildman–Crippen MR) is 89.9 cm³/mol. The molecule has 0 spiro atoms. The molecule has 1 aromatic rings. The highest BCUT2D eigenvalue weighted by Crippen LogP contribution is 2.18. The predicted octanol–water partition coefficient (Wildman–Crippen LogP) is 2.76. The molecule has 1 aromatic heterocycles. The van der Waals surface area contributed by atoms with Gasteiger partial charge in [0.25, 0.3) is 0 Å². The van der Waals surface area contributed by atoms with Crippen molar-refractivity contribution in [1.82, 2.24) is 9.80 Å². The number of aliphatic hydroxyl groups is 1. The van der Waals surface area contributed by atoms with Crippen molar-refractivity contribution in [1.29, 1.82) is 0 Å². The fourth-order valence-electron chi connectivity index (χ4n) is 3.16. The molecule has 1 fully saturated rings. The molecule has 1 unspecified atom stereocenters. The number of hydrogen-bond acceptors (Lipinski definition) is 4. The van der Waals surface area contributed by atoms with Gasteiger partial charge in [0.05, 0.1) is 6.54 Å². The first-order valence-electron chi connectivity index (χ1n) is 8.77. The van der Waals surface area contributed by atoms with E-state index in [-0.39, 0.29) is 6.61 Å². The molecule has 0 radical (unpaired) electrons. The van der Waals surface area contributed by atoms with Crippen molar-refractivity contribution in [3.63, 3.8) is 0 Å². The third-order valence-corrected chi connectivity index (χ3v) is 4.59. The molecule has 1 saturated heterocycles. The summed E-state index contributed by atoms with van der Waals surface area (Å²) in [5.41, 5.74) is 0. The summed E-state index contributed by atoms with van der Waals surface area (Å²) in [6.07, 6.45) is 3.06. The van der Waals surface area contributed by atoms with Crippen molar-refractivity contribution >= 4 is 0 Å². The van der Waals surface area contributed by atoms with Crippen LogP contribution in [-0.4, -0.2) is 53.7 Å². The maximum absolute atomic E-state index is 9.36. The molecule has 0 bridgehead atoms. The van der Waals surface area contributed by atoms with Crippen LogP contribution in [0.4, 0.5) is 0 Å². The molecule has 0 saturated carbocycles. The zero-order chi connectivity index (χ0) is 15.9. The van der Waals surface area contributed by atoms with E-state index in [9.17, 15) is 5.11 Å². The van der Waals surface area contributed by atoms with Gasteiger partial charge in [-0.15, -0.1) is 0 Å². The molecule has 1 aliphatic rings. The molecule has 2 heterocycles. The largest absolute Gasteiger partial charge is 0.465 e. The Morgan fingerprint density at radius 2 is 2.05 bits per heavy atom. The molecule has 0 aromatic carbocycles. The Balaban J connectivity index is 1.88. The fraction of sp³-hybridized carbons (Fsp3) is 0.778. The number of aryl methyl sites for hydroxylation is 1. The number of aliphatic hydroxyl groups excluding tert-OH is 1. The van der Waals surface area contributed by atoms with Crippen molar-refractivity contribution in [2.45, 2.75) is 52.6 Å². The lowest BCUT2D eigenvalue weighted by molar-refractivity contribution is 0.0491. The molecule has 0 aliphatic carbocycles. The zero-order valence-electron chi connectivity index (χ0n) is 14.4. The summed E-state index contributed by atoms with van der Waals surface area (Å²) in [7, 11) is 0. The smallest absolute Gasteiger partial charge is 0.118 e. The average molecular weight is 308 g/mol. The molecule has 22 heavy (non-hydrogen) atoms. The van der Waals surface area contributed by atoms with Crippen LogP contribution in [-0.2, 0) is 13.0 Å². The first-order valence-corrected chi connectivity index (χ1v) is 8.77. The molecular formula is C18H32N2O2. The standard InChI is InChI=1S/C18H32N2O2/c1-4-17-5-6-18(22-17)14-19-10-11-20(9-7-15(2)3)16(13-19)8-12-21/h5-6,15-16,21H,4,7-14H2,1-3H3. The van der Waals surface area contributed by atoms with Gasteiger partial charge in [-0.25, -0.2) is 0 Å². The third-order valence-electron chi connectivity index (χ3n) is 4.59. The summed E-state index contributed by atoms with van der Waals surface area (Å²) in [4.78, 5) is 5.02. The van der Waals surface area contributed by atoms with Crippen molar-refractivity contribution in [2.75, 3.05) is 32.8 Å². The van der Waals surface area contributed by atoms with Crippen LogP contribution in [0.1, 0.15) is 45.1 Å². The second-order valence-corrected chi connectivity index (χ2v) is 6.84. The van der Waals surface area contributed by atoms with E-state index in [0.29, 0.717) is 6.04 Å². The lowest BCUT2D eigenvalue weighted by atomic mass is 10.1. The molecular weight excluding hydrogens is 276 g/mol. The molecule has 4 heteroatoms. The van der Waals surface area contributed by atoms with E-state index in [2.05, 4.69) is 42.7 Å². The minimum atomic E-state index is 0.275. The summed E-state index contributed by atoms with van der Waals surface area (Å²) in [6.45, 7) is 12.2. The highest BCUT2D eigenvalue weighted by molar-refractivity contribution is 5.07. The number of hydrogen-bond donors (Lipinski definition) is 1.